The number of H-pyrrole nitrogens is 1. The van der Waals surface area contributed by atoms with Crippen molar-refractivity contribution in [2.45, 2.75) is 0 Å². The molecule has 6 heteroatoms. The van der Waals surface area contributed by atoms with Crippen LogP contribution in [0.2, 0.25) is 15.1 Å². The minimum absolute atomic E-state index is 0.478. The van der Waals surface area contributed by atoms with Crippen molar-refractivity contribution in [2.24, 2.45) is 0 Å². The predicted molar refractivity (Wildman–Crippen MR) is 99.8 cm³/mol. The summed E-state index contributed by atoms with van der Waals surface area (Å²) in [6.07, 6.45) is 1.74. The van der Waals surface area contributed by atoms with Gasteiger partial charge in [0.25, 0.3) is 0 Å². The van der Waals surface area contributed by atoms with Crippen molar-refractivity contribution in [1.82, 2.24) is 15.0 Å². The Kier molecular flexibility index (Phi) is 3.93. The van der Waals surface area contributed by atoms with E-state index in [9.17, 15) is 0 Å². The first-order chi connectivity index (χ1) is 11.6. The van der Waals surface area contributed by atoms with E-state index in [1.807, 2.05) is 36.4 Å². The van der Waals surface area contributed by atoms with Crippen molar-refractivity contribution < 1.29 is 0 Å². The molecule has 0 radical (unpaired) electrons. The molecule has 118 valence electrons. The monoisotopic (exact) mass is 373 g/mol. The predicted octanol–water partition coefficient (Wildman–Crippen LogP) is 6.25. The molecule has 0 amide bonds. The fraction of sp³-hybridized carbons (Fsp3) is 0. The zero-order chi connectivity index (χ0) is 16.7. The van der Waals surface area contributed by atoms with Crippen LogP contribution in [-0.4, -0.2) is 15.0 Å². The molecule has 3 nitrogen and oxygen atoms in total. The zero-order valence-electron chi connectivity index (χ0n) is 12.2. The molecule has 24 heavy (non-hydrogen) atoms. The van der Waals surface area contributed by atoms with Gasteiger partial charge in [-0.25, -0.2) is 4.98 Å². The lowest BCUT2D eigenvalue weighted by Crippen LogP contribution is -1.86. The van der Waals surface area contributed by atoms with Gasteiger partial charge in [0.1, 0.15) is 5.82 Å². The summed E-state index contributed by atoms with van der Waals surface area (Å²) >= 11 is 18.5. The Hall–Kier alpha value is -2.07. The van der Waals surface area contributed by atoms with Gasteiger partial charge in [-0.15, -0.1) is 0 Å². The first-order valence-corrected chi connectivity index (χ1v) is 8.31. The molecule has 0 unspecified atom stereocenters. The molecule has 0 saturated carbocycles. The molecule has 1 N–H and O–H groups in total. The van der Waals surface area contributed by atoms with Crippen molar-refractivity contribution in [3.63, 3.8) is 0 Å². The number of nitrogens with one attached hydrogen (secondary N) is 1. The summed E-state index contributed by atoms with van der Waals surface area (Å²) in [6.45, 7) is 0. The van der Waals surface area contributed by atoms with Gasteiger partial charge >= 0.3 is 0 Å². The first-order valence-electron chi connectivity index (χ1n) is 7.18. The van der Waals surface area contributed by atoms with Crippen LogP contribution < -0.4 is 0 Å². The van der Waals surface area contributed by atoms with E-state index in [4.69, 9.17) is 34.8 Å². The van der Waals surface area contributed by atoms with E-state index in [1.54, 1.807) is 18.3 Å². The lowest BCUT2D eigenvalue weighted by atomic mass is 10.1. The van der Waals surface area contributed by atoms with Gasteiger partial charge in [0.05, 0.1) is 31.8 Å². The number of aromatic nitrogens is 3. The van der Waals surface area contributed by atoms with E-state index in [0.29, 0.717) is 20.9 Å². The number of hydrogen-bond acceptors (Lipinski definition) is 2. The van der Waals surface area contributed by atoms with Crippen LogP contribution in [0.4, 0.5) is 0 Å². The Morgan fingerprint density at radius 1 is 0.833 bits per heavy atom. The highest BCUT2D eigenvalue weighted by molar-refractivity contribution is 6.42. The van der Waals surface area contributed by atoms with Crippen molar-refractivity contribution in [3.05, 3.63) is 69.8 Å². The van der Waals surface area contributed by atoms with Crippen molar-refractivity contribution in [2.75, 3.05) is 0 Å². The molecule has 0 atom stereocenters. The van der Waals surface area contributed by atoms with Crippen LogP contribution in [0.25, 0.3) is 33.7 Å². The minimum Gasteiger partial charge on any atom is -0.338 e. The summed E-state index contributed by atoms with van der Waals surface area (Å²) in [6, 6.07) is 15.0. The smallest absolute Gasteiger partial charge is 0.138 e. The van der Waals surface area contributed by atoms with Gasteiger partial charge in [0.2, 0.25) is 0 Å². The summed E-state index contributed by atoms with van der Waals surface area (Å²) in [5.74, 6) is 0.706. The zero-order valence-corrected chi connectivity index (χ0v) is 14.5. The van der Waals surface area contributed by atoms with Crippen molar-refractivity contribution in [1.29, 1.82) is 0 Å². The molecule has 0 aliphatic rings. The number of benzene rings is 2. The summed E-state index contributed by atoms with van der Waals surface area (Å²) in [4.78, 5) is 12.1. The van der Waals surface area contributed by atoms with Crippen molar-refractivity contribution >= 4 is 45.8 Å². The third kappa shape index (κ3) is 2.75. The van der Waals surface area contributed by atoms with Gasteiger partial charge in [-0.3, -0.25) is 4.98 Å². The maximum Gasteiger partial charge on any atom is 0.138 e. The van der Waals surface area contributed by atoms with E-state index in [1.165, 1.54) is 0 Å². The van der Waals surface area contributed by atoms with Crippen LogP contribution in [0.1, 0.15) is 0 Å². The Morgan fingerprint density at radius 2 is 1.67 bits per heavy atom. The van der Waals surface area contributed by atoms with Gasteiger partial charge in [0.15, 0.2) is 0 Å². The Balaban J connectivity index is 1.79. The minimum atomic E-state index is 0.478. The molecular formula is C18H10Cl3N3. The third-order valence-electron chi connectivity index (χ3n) is 3.71. The summed E-state index contributed by atoms with van der Waals surface area (Å²) < 4.78 is 0. The van der Waals surface area contributed by atoms with Gasteiger partial charge in [-0.05, 0) is 30.3 Å². The molecule has 0 aliphatic carbocycles. The lowest BCUT2D eigenvalue weighted by Gasteiger charge is -2.05. The number of aromatic amines is 1. The van der Waals surface area contributed by atoms with Crippen LogP contribution in [0.3, 0.4) is 0 Å². The molecule has 0 bridgehead atoms. The van der Waals surface area contributed by atoms with Crippen LogP contribution in [0.5, 0.6) is 0 Å². The second kappa shape index (κ2) is 6.10. The fourth-order valence-electron chi connectivity index (χ4n) is 2.53. The highest BCUT2D eigenvalue weighted by Gasteiger charge is 2.11. The number of fused-ring (bicyclic) bond motifs is 1. The lowest BCUT2D eigenvalue weighted by molar-refractivity contribution is 1.31. The quantitative estimate of drug-likeness (QED) is 0.450. The van der Waals surface area contributed by atoms with Crippen LogP contribution in [0.15, 0.2) is 54.7 Å². The number of imidazole rings is 1. The molecule has 2 heterocycles. The SMILES string of the molecule is Clc1cc2nc(-c3ccc(-c4ccccn4)c(Cl)c3)[nH]c2cc1Cl. The number of halogens is 3. The molecule has 0 spiro atoms. The second-order valence-electron chi connectivity index (χ2n) is 5.28. The molecule has 4 aromatic rings. The van der Waals surface area contributed by atoms with Crippen molar-refractivity contribution in [3.8, 4) is 22.6 Å². The van der Waals surface area contributed by atoms with E-state index < -0.39 is 0 Å². The van der Waals surface area contributed by atoms with Gasteiger partial charge < -0.3 is 4.98 Å². The van der Waals surface area contributed by atoms with Gasteiger partial charge in [-0.1, -0.05) is 53.0 Å². The van der Waals surface area contributed by atoms with E-state index >= 15 is 0 Å². The number of rotatable bonds is 2. The number of pyridine rings is 1. The first kappa shape index (κ1) is 15.5. The van der Waals surface area contributed by atoms with Crippen LogP contribution >= 0.6 is 34.8 Å². The molecular weight excluding hydrogens is 365 g/mol. The molecule has 4 rings (SSSR count). The highest BCUT2D eigenvalue weighted by atomic mass is 35.5. The van der Waals surface area contributed by atoms with Crippen LogP contribution in [0, 0.1) is 0 Å². The maximum absolute atomic E-state index is 6.44. The number of hydrogen-bond donors (Lipinski definition) is 1. The normalized spacial score (nSPS) is 11.1. The second-order valence-corrected chi connectivity index (χ2v) is 6.50. The van der Waals surface area contributed by atoms with E-state index in [2.05, 4.69) is 15.0 Å². The largest absolute Gasteiger partial charge is 0.338 e. The average Bonchev–Trinajstić information content (AvgIpc) is 2.99. The van der Waals surface area contributed by atoms with E-state index in [0.717, 1.165) is 27.9 Å². The number of nitrogens with zero attached hydrogens (tertiary/aromatic N) is 2. The third-order valence-corrected chi connectivity index (χ3v) is 4.74. The Labute approximate surface area is 153 Å². The standard InChI is InChI=1S/C18H10Cl3N3/c19-12-7-10(4-5-11(12)15-3-1-2-6-22-15)18-23-16-8-13(20)14(21)9-17(16)24-18/h1-9H,(H,23,24). The fourth-order valence-corrected chi connectivity index (χ4v) is 3.13. The highest BCUT2D eigenvalue weighted by Crippen LogP contribution is 2.32. The summed E-state index contributed by atoms with van der Waals surface area (Å²) in [7, 11) is 0. The molecule has 0 saturated heterocycles. The topological polar surface area (TPSA) is 41.6 Å². The summed E-state index contributed by atoms with van der Waals surface area (Å²) in [5, 5.41) is 1.58. The maximum atomic E-state index is 6.44. The Bertz CT molecular complexity index is 1000. The van der Waals surface area contributed by atoms with Crippen LogP contribution in [-0.2, 0) is 0 Å². The summed E-state index contributed by atoms with van der Waals surface area (Å²) in [5.41, 5.74) is 4.16. The average molecular weight is 375 g/mol. The Morgan fingerprint density at radius 3 is 2.42 bits per heavy atom. The van der Waals surface area contributed by atoms with E-state index in [-0.39, 0.29) is 0 Å². The molecule has 0 fully saturated rings. The molecule has 2 aromatic heterocycles. The molecule has 0 aliphatic heterocycles. The van der Waals surface area contributed by atoms with Gasteiger partial charge in [-0.2, -0.15) is 0 Å². The molecule has 2 aromatic carbocycles. The van der Waals surface area contributed by atoms with Gasteiger partial charge in [0, 0.05) is 17.3 Å².